The Morgan fingerprint density at radius 3 is 2.18 bits per heavy atom. The van der Waals surface area contributed by atoms with Crippen LogP contribution in [0.25, 0.3) is 0 Å². The summed E-state index contributed by atoms with van der Waals surface area (Å²) in [5.41, 5.74) is 0.788. The first-order valence-corrected chi connectivity index (χ1v) is 14.8. The van der Waals surface area contributed by atoms with Crippen molar-refractivity contribution in [1.82, 2.24) is 14.7 Å². The highest BCUT2D eigenvalue weighted by Gasteiger charge is 2.48. The van der Waals surface area contributed by atoms with E-state index >= 15 is 0 Å². The van der Waals surface area contributed by atoms with Gasteiger partial charge in [0.05, 0.1) is 22.2 Å². The van der Waals surface area contributed by atoms with E-state index in [-0.39, 0.29) is 53.0 Å². The predicted octanol–water partition coefficient (Wildman–Crippen LogP) is 4.34. The summed E-state index contributed by atoms with van der Waals surface area (Å²) < 4.78 is 0. The molecular formula is C29H39Cl2N3O4. The molecule has 2 heterocycles. The summed E-state index contributed by atoms with van der Waals surface area (Å²) >= 11 is 12.6. The lowest BCUT2D eigenvalue weighted by Gasteiger charge is -2.35. The van der Waals surface area contributed by atoms with E-state index in [0.717, 1.165) is 18.4 Å². The highest BCUT2D eigenvalue weighted by atomic mass is 35.5. The molecule has 38 heavy (non-hydrogen) atoms. The number of benzene rings is 1. The fourth-order valence-electron chi connectivity index (χ4n) is 6.57. The number of likely N-dealkylation sites (tertiary alicyclic amines) is 2. The van der Waals surface area contributed by atoms with Crippen LogP contribution in [-0.4, -0.2) is 82.9 Å². The Morgan fingerprint density at radius 2 is 1.58 bits per heavy atom. The monoisotopic (exact) mass is 563 g/mol. The largest absolute Gasteiger partial charge is 0.393 e. The molecule has 2 aliphatic carbocycles. The maximum absolute atomic E-state index is 13.7. The number of aliphatic hydroxyl groups is 1. The summed E-state index contributed by atoms with van der Waals surface area (Å²) in [7, 11) is 1.85. The fourth-order valence-corrected chi connectivity index (χ4v) is 6.88. The Bertz CT molecular complexity index is 1080. The SMILES string of the molecule is CN(C(=O)C1CCC(O)CC1)[C@H]1CN(C(=O)C2CCN(C(=O)C3(C)CC3)CC2)C[C@@H]1c1ccc(Cl)c(Cl)c1. The molecule has 4 fully saturated rings. The first kappa shape index (κ1) is 27.7. The molecule has 2 saturated carbocycles. The van der Waals surface area contributed by atoms with Gasteiger partial charge in [-0.25, -0.2) is 0 Å². The highest BCUT2D eigenvalue weighted by molar-refractivity contribution is 6.42. The standard InChI is InChI=1S/C29H39Cl2N3O4/c1-29(11-12-29)28(38)33-13-9-19(10-14-33)27(37)34-16-22(20-5-8-23(30)24(31)15-20)25(17-34)32(2)26(36)18-3-6-21(35)7-4-18/h5,8,15,18-19,21-22,25,35H,3-4,6-7,9-14,16-17H2,1-2H3/t18?,21?,22-,25+/m1/s1. The molecule has 0 bridgehead atoms. The van der Waals surface area contributed by atoms with Gasteiger partial charge in [-0.2, -0.15) is 0 Å². The zero-order chi connectivity index (χ0) is 27.2. The van der Waals surface area contributed by atoms with Gasteiger partial charge in [0.15, 0.2) is 0 Å². The summed E-state index contributed by atoms with van der Waals surface area (Å²) in [6.45, 7) is 4.28. The molecule has 1 aromatic rings. The maximum atomic E-state index is 13.7. The van der Waals surface area contributed by atoms with Gasteiger partial charge in [-0.3, -0.25) is 14.4 Å². The second-order valence-corrected chi connectivity index (χ2v) is 13.0. The molecule has 2 aliphatic heterocycles. The summed E-state index contributed by atoms with van der Waals surface area (Å²) in [5.74, 6) is 0.150. The average Bonchev–Trinajstić information content (AvgIpc) is 3.52. The summed E-state index contributed by atoms with van der Waals surface area (Å²) in [4.78, 5) is 45.7. The van der Waals surface area contributed by atoms with Crippen molar-refractivity contribution < 1.29 is 19.5 Å². The van der Waals surface area contributed by atoms with Crippen LogP contribution in [0.4, 0.5) is 0 Å². The van der Waals surface area contributed by atoms with Crippen LogP contribution in [0.5, 0.6) is 0 Å². The van der Waals surface area contributed by atoms with Crippen LogP contribution in [0.1, 0.15) is 69.8 Å². The molecule has 2 atom stereocenters. The fraction of sp³-hybridized carbons (Fsp3) is 0.690. The Morgan fingerprint density at radius 1 is 0.921 bits per heavy atom. The maximum Gasteiger partial charge on any atom is 0.228 e. The normalized spacial score (nSPS) is 29.3. The molecule has 208 valence electrons. The second kappa shape index (κ2) is 11.0. The minimum absolute atomic E-state index is 0.0756. The van der Waals surface area contributed by atoms with E-state index < -0.39 is 0 Å². The number of hydrogen-bond acceptors (Lipinski definition) is 4. The molecule has 7 nitrogen and oxygen atoms in total. The molecule has 1 N–H and O–H groups in total. The molecule has 9 heteroatoms. The number of carbonyl (C=O) groups excluding carboxylic acids is 3. The number of aliphatic hydroxyl groups excluding tert-OH is 1. The average molecular weight is 565 g/mol. The van der Waals surface area contributed by atoms with Crippen molar-refractivity contribution >= 4 is 40.9 Å². The van der Waals surface area contributed by atoms with Crippen molar-refractivity contribution in [2.45, 2.75) is 76.4 Å². The van der Waals surface area contributed by atoms with Crippen molar-refractivity contribution in [3.63, 3.8) is 0 Å². The number of nitrogens with zero attached hydrogens (tertiary/aromatic N) is 3. The second-order valence-electron chi connectivity index (χ2n) is 12.2. The lowest BCUT2D eigenvalue weighted by atomic mass is 9.85. The van der Waals surface area contributed by atoms with E-state index in [9.17, 15) is 19.5 Å². The Labute approximate surface area is 235 Å². The molecule has 0 unspecified atom stereocenters. The molecule has 0 aromatic heterocycles. The lowest BCUT2D eigenvalue weighted by Crippen LogP contribution is -2.47. The molecule has 0 radical (unpaired) electrons. The Balaban J connectivity index is 1.29. The molecule has 3 amide bonds. The van der Waals surface area contributed by atoms with Crippen LogP contribution in [0.15, 0.2) is 18.2 Å². The van der Waals surface area contributed by atoms with E-state index in [1.165, 1.54) is 0 Å². The van der Waals surface area contributed by atoms with Crippen LogP contribution < -0.4 is 0 Å². The van der Waals surface area contributed by atoms with Gasteiger partial charge in [0.25, 0.3) is 0 Å². The first-order valence-electron chi connectivity index (χ1n) is 14.1. The molecule has 2 saturated heterocycles. The van der Waals surface area contributed by atoms with Crippen molar-refractivity contribution in [3.8, 4) is 0 Å². The first-order chi connectivity index (χ1) is 18.1. The Kier molecular flexibility index (Phi) is 8.01. The van der Waals surface area contributed by atoms with Crippen molar-refractivity contribution in [1.29, 1.82) is 0 Å². The van der Waals surface area contributed by atoms with Crippen LogP contribution in [0.2, 0.25) is 10.0 Å². The van der Waals surface area contributed by atoms with Gasteiger partial charge >= 0.3 is 0 Å². The summed E-state index contributed by atoms with van der Waals surface area (Å²) in [5, 5.41) is 10.8. The number of carbonyl (C=O) groups is 3. The van der Waals surface area contributed by atoms with Gasteiger partial charge in [0, 0.05) is 56.4 Å². The van der Waals surface area contributed by atoms with Gasteiger partial charge in [0.1, 0.15) is 0 Å². The van der Waals surface area contributed by atoms with E-state index in [4.69, 9.17) is 23.2 Å². The van der Waals surface area contributed by atoms with Gasteiger partial charge < -0.3 is 19.8 Å². The molecular weight excluding hydrogens is 525 g/mol. The van der Waals surface area contributed by atoms with Crippen LogP contribution in [0.3, 0.4) is 0 Å². The third-order valence-corrected chi connectivity index (χ3v) is 10.3. The zero-order valence-corrected chi connectivity index (χ0v) is 23.9. The van der Waals surface area contributed by atoms with Gasteiger partial charge in [-0.1, -0.05) is 36.2 Å². The minimum Gasteiger partial charge on any atom is -0.393 e. The quantitative estimate of drug-likeness (QED) is 0.577. The third-order valence-electron chi connectivity index (χ3n) is 9.51. The van der Waals surface area contributed by atoms with Gasteiger partial charge in [-0.15, -0.1) is 0 Å². The molecule has 4 aliphatic rings. The number of piperidine rings is 1. The molecule has 0 spiro atoms. The van der Waals surface area contributed by atoms with Crippen molar-refractivity contribution in [2.75, 3.05) is 33.2 Å². The zero-order valence-electron chi connectivity index (χ0n) is 22.4. The third kappa shape index (κ3) is 5.57. The number of halogens is 2. The summed E-state index contributed by atoms with van der Waals surface area (Å²) in [6.07, 6.45) is 5.64. The lowest BCUT2D eigenvalue weighted by molar-refractivity contribution is -0.143. The molecule has 5 rings (SSSR count). The minimum atomic E-state index is -0.318. The van der Waals surface area contributed by atoms with E-state index in [0.29, 0.717) is 74.7 Å². The summed E-state index contributed by atoms with van der Waals surface area (Å²) in [6, 6.07) is 5.40. The van der Waals surface area contributed by atoms with Gasteiger partial charge in [0.2, 0.25) is 17.7 Å². The number of amides is 3. The van der Waals surface area contributed by atoms with Gasteiger partial charge in [-0.05, 0) is 69.1 Å². The van der Waals surface area contributed by atoms with Crippen LogP contribution in [-0.2, 0) is 14.4 Å². The van der Waals surface area contributed by atoms with E-state index in [1.807, 2.05) is 40.8 Å². The van der Waals surface area contributed by atoms with E-state index in [1.54, 1.807) is 6.07 Å². The molecule has 1 aromatic carbocycles. The number of likely N-dealkylation sites (N-methyl/N-ethyl adjacent to an activating group) is 1. The smallest absolute Gasteiger partial charge is 0.228 e. The van der Waals surface area contributed by atoms with Crippen molar-refractivity contribution in [2.24, 2.45) is 17.3 Å². The van der Waals surface area contributed by atoms with Crippen LogP contribution >= 0.6 is 23.2 Å². The number of hydrogen-bond donors (Lipinski definition) is 1. The number of rotatable bonds is 5. The Hall–Kier alpha value is -1.83. The van der Waals surface area contributed by atoms with E-state index in [2.05, 4.69) is 0 Å². The predicted molar refractivity (Wildman–Crippen MR) is 147 cm³/mol. The van der Waals surface area contributed by atoms with Crippen LogP contribution in [0, 0.1) is 17.3 Å². The van der Waals surface area contributed by atoms with Crippen molar-refractivity contribution in [3.05, 3.63) is 33.8 Å². The topological polar surface area (TPSA) is 81.2 Å². The highest BCUT2D eigenvalue weighted by Crippen LogP contribution is 2.47.